The van der Waals surface area contributed by atoms with E-state index in [2.05, 4.69) is 0 Å². The van der Waals surface area contributed by atoms with Gasteiger partial charge in [-0.15, -0.1) is 0 Å². The highest BCUT2D eigenvalue weighted by Gasteiger charge is 2.37. The van der Waals surface area contributed by atoms with E-state index >= 15 is 0 Å². The molecule has 2 nitrogen and oxygen atoms in total. The first kappa shape index (κ1) is 11.3. The minimum absolute atomic E-state index is 0.189. The van der Waals surface area contributed by atoms with Crippen molar-refractivity contribution in [3.63, 3.8) is 0 Å². The molecule has 88 valence electrons. The molecule has 1 saturated heterocycles. The van der Waals surface area contributed by atoms with Gasteiger partial charge in [-0.3, -0.25) is 0 Å². The van der Waals surface area contributed by atoms with Crippen LogP contribution in [0.1, 0.15) is 17.4 Å². The quantitative estimate of drug-likeness (QED) is 0.698. The fourth-order valence-electron chi connectivity index (χ4n) is 1.52. The van der Waals surface area contributed by atoms with E-state index in [-0.39, 0.29) is 18.8 Å². The molecule has 1 aromatic carbocycles. The molecule has 1 fully saturated rings. The van der Waals surface area contributed by atoms with E-state index in [1.54, 1.807) is 0 Å². The number of halogens is 4. The lowest BCUT2D eigenvalue weighted by Crippen LogP contribution is -2.13. The van der Waals surface area contributed by atoms with Gasteiger partial charge in [0.25, 0.3) is 0 Å². The van der Waals surface area contributed by atoms with E-state index in [0.717, 1.165) is 12.1 Å². The molecule has 0 saturated carbocycles. The third-order valence-electron chi connectivity index (χ3n) is 2.20. The molecule has 0 unspecified atom stereocenters. The summed E-state index contributed by atoms with van der Waals surface area (Å²) < 4.78 is 60.5. The van der Waals surface area contributed by atoms with Crippen LogP contribution in [0.25, 0.3) is 0 Å². The van der Waals surface area contributed by atoms with Crippen molar-refractivity contribution in [2.75, 3.05) is 13.2 Å². The SMILES string of the molecule is Fc1ccc(C2OCCO2)c(C(F)(F)F)c1. The van der Waals surface area contributed by atoms with Crippen molar-refractivity contribution in [2.24, 2.45) is 0 Å². The number of ether oxygens (including phenoxy) is 2. The number of alkyl halides is 3. The van der Waals surface area contributed by atoms with Crippen LogP contribution < -0.4 is 0 Å². The monoisotopic (exact) mass is 236 g/mol. The van der Waals surface area contributed by atoms with Gasteiger partial charge < -0.3 is 9.47 Å². The van der Waals surface area contributed by atoms with Crippen LogP contribution in [-0.4, -0.2) is 13.2 Å². The van der Waals surface area contributed by atoms with Gasteiger partial charge in [0.1, 0.15) is 5.82 Å². The van der Waals surface area contributed by atoms with Crippen molar-refractivity contribution < 1.29 is 27.0 Å². The summed E-state index contributed by atoms with van der Waals surface area (Å²) in [6, 6.07) is 2.43. The van der Waals surface area contributed by atoms with Crippen LogP contribution >= 0.6 is 0 Å². The Morgan fingerprint density at radius 1 is 1.12 bits per heavy atom. The first-order valence-electron chi connectivity index (χ1n) is 4.58. The molecular formula is C10H8F4O2. The molecule has 0 aliphatic carbocycles. The van der Waals surface area contributed by atoms with Crippen molar-refractivity contribution in [3.05, 3.63) is 35.1 Å². The van der Waals surface area contributed by atoms with Crippen LogP contribution in [0.5, 0.6) is 0 Å². The molecule has 0 amide bonds. The topological polar surface area (TPSA) is 18.5 Å². The zero-order chi connectivity index (χ0) is 11.8. The molecule has 16 heavy (non-hydrogen) atoms. The summed E-state index contributed by atoms with van der Waals surface area (Å²) in [6.07, 6.45) is -5.68. The summed E-state index contributed by atoms with van der Waals surface area (Å²) in [5.74, 6) is -0.936. The molecule has 6 heteroatoms. The van der Waals surface area contributed by atoms with Crippen LogP contribution in [0.15, 0.2) is 18.2 Å². The van der Waals surface area contributed by atoms with Crippen LogP contribution in [0.4, 0.5) is 17.6 Å². The van der Waals surface area contributed by atoms with Crippen molar-refractivity contribution in [2.45, 2.75) is 12.5 Å². The summed E-state index contributed by atoms with van der Waals surface area (Å²) in [7, 11) is 0. The lowest BCUT2D eigenvalue weighted by atomic mass is 10.1. The second-order valence-electron chi connectivity index (χ2n) is 3.30. The minimum Gasteiger partial charge on any atom is -0.346 e. The Morgan fingerprint density at radius 3 is 2.31 bits per heavy atom. The third kappa shape index (κ3) is 2.17. The summed E-state index contributed by atoms with van der Waals surface area (Å²) in [6.45, 7) is 0.471. The molecule has 0 bridgehead atoms. The van der Waals surface area contributed by atoms with Gasteiger partial charge in [0.15, 0.2) is 6.29 Å². The number of hydrogen-bond donors (Lipinski definition) is 0. The van der Waals surface area contributed by atoms with Crippen LogP contribution in [-0.2, 0) is 15.7 Å². The smallest absolute Gasteiger partial charge is 0.346 e. The molecule has 0 radical (unpaired) electrons. The highest BCUT2D eigenvalue weighted by atomic mass is 19.4. The maximum atomic E-state index is 12.8. The average Bonchev–Trinajstić information content (AvgIpc) is 2.69. The van der Waals surface area contributed by atoms with E-state index in [1.165, 1.54) is 0 Å². The molecule has 1 heterocycles. The number of rotatable bonds is 1. The molecule has 1 aliphatic heterocycles. The maximum Gasteiger partial charge on any atom is 0.416 e. The largest absolute Gasteiger partial charge is 0.416 e. The summed E-state index contributed by atoms with van der Waals surface area (Å²) >= 11 is 0. The van der Waals surface area contributed by atoms with Crippen molar-refractivity contribution in [3.8, 4) is 0 Å². The molecule has 2 rings (SSSR count). The predicted molar refractivity (Wildman–Crippen MR) is 46.0 cm³/mol. The second kappa shape index (κ2) is 4.03. The minimum atomic E-state index is -4.62. The molecule has 0 spiro atoms. The lowest BCUT2D eigenvalue weighted by molar-refractivity contribution is -0.142. The summed E-state index contributed by atoms with van der Waals surface area (Å²) in [4.78, 5) is 0. The highest BCUT2D eigenvalue weighted by Crippen LogP contribution is 2.37. The van der Waals surface area contributed by atoms with E-state index in [9.17, 15) is 17.6 Å². The molecule has 1 aliphatic rings. The number of benzene rings is 1. The fourth-order valence-corrected chi connectivity index (χ4v) is 1.52. The third-order valence-corrected chi connectivity index (χ3v) is 2.20. The Labute approximate surface area is 88.8 Å². The van der Waals surface area contributed by atoms with Crippen LogP contribution in [0, 0.1) is 5.82 Å². The van der Waals surface area contributed by atoms with E-state index in [1.807, 2.05) is 0 Å². The van der Waals surface area contributed by atoms with Gasteiger partial charge >= 0.3 is 6.18 Å². The standard InChI is InChI=1S/C10H8F4O2/c11-6-1-2-7(9-15-3-4-16-9)8(5-6)10(12,13)14/h1-2,5,9H,3-4H2. The first-order valence-corrected chi connectivity index (χ1v) is 4.58. The summed E-state index contributed by atoms with van der Waals surface area (Å²) in [5, 5.41) is 0. The molecule has 1 aromatic rings. The van der Waals surface area contributed by atoms with Crippen molar-refractivity contribution >= 4 is 0 Å². The van der Waals surface area contributed by atoms with Gasteiger partial charge in [0.05, 0.1) is 18.8 Å². The fraction of sp³-hybridized carbons (Fsp3) is 0.400. The van der Waals surface area contributed by atoms with E-state index < -0.39 is 23.8 Å². The van der Waals surface area contributed by atoms with Gasteiger partial charge in [-0.05, 0) is 12.1 Å². The highest BCUT2D eigenvalue weighted by molar-refractivity contribution is 5.31. The Kier molecular flexibility index (Phi) is 2.86. The molecule has 0 aromatic heterocycles. The Hall–Kier alpha value is -1.14. The van der Waals surface area contributed by atoms with Crippen LogP contribution in [0.3, 0.4) is 0 Å². The first-order chi connectivity index (χ1) is 7.48. The van der Waals surface area contributed by atoms with Crippen molar-refractivity contribution in [1.82, 2.24) is 0 Å². The Bertz CT molecular complexity index is 383. The zero-order valence-corrected chi connectivity index (χ0v) is 8.05. The van der Waals surface area contributed by atoms with Gasteiger partial charge in [-0.25, -0.2) is 4.39 Å². The summed E-state index contributed by atoms with van der Waals surface area (Å²) in [5.41, 5.74) is -1.24. The lowest BCUT2D eigenvalue weighted by Gasteiger charge is -2.16. The Balaban J connectivity index is 2.43. The van der Waals surface area contributed by atoms with Gasteiger partial charge in [-0.1, -0.05) is 6.07 Å². The van der Waals surface area contributed by atoms with Gasteiger partial charge in [-0.2, -0.15) is 13.2 Å². The predicted octanol–water partition coefficient (Wildman–Crippen LogP) is 2.89. The Morgan fingerprint density at radius 2 is 1.75 bits per heavy atom. The maximum absolute atomic E-state index is 12.8. The van der Waals surface area contributed by atoms with E-state index in [0.29, 0.717) is 6.07 Å². The normalized spacial score (nSPS) is 18.0. The average molecular weight is 236 g/mol. The molecular weight excluding hydrogens is 228 g/mol. The van der Waals surface area contributed by atoms with Crippen molar-refractivity contribution in [1.29, 1.82) is 0 Å². The van der Waals surface area contributed by atoms with Crippen LogP contribution in [0.2, 0.25) is 0 Å². The van der Waals surface area contributed by atoms with Gasteiger partial charge in [0, 0.05) is 5.56 Å². The zero-order valence-electron chi connectivity index (χ0n) is 8.05. The van der Waals surface area contributed by atoms with Gasteiger partial charge in [0.2, 0.25) is 0 Å². The van der Waals surface area contributed by atoms with E-state index in [4.69, 9.17) is 9.47 Å². The second-order valence-corrected chi connectivity index (χ2v) is 3.30. The molecule has 0 atom stereocenters. The number of hydrogen-bond acceptors (Lipinski definition) is 2. The molecule has 0 N–H and O–H groups in total.